The van der Waals surface area contributed by atoms with Crippen LogP contribution in [-0.2, 0) is 12.3 Å². The molecular formula is CH3O4Si3. The van der Waals surface area contributed by atoms with Gasteiger partial charge in [0.2, 0.25) is 0 Å². The molecule has 1 saturated heterocycles. The average Bonchev–Trinajstić information content (AvgIpc) is 1.90. The van der Waals surface area contributed by atoms with Crippen molar-refractivity contribution in [1.29, 1.82) is 0 Å². The summed E-state index contributed by atoms with van der Waals surface area (Å²) in [4.78, 5) is 0. The summed E-state index contributed by atoms with van der Waals surface area (Å²) in [5.74, 6) is 0. The molecule has 0 aromatic rings. The third-order valence-electron chi connectivity index (χ3n) is 0.523. The topological polar surface area (TPSA) is 47.9 Å². The Balaban J connectivity index is 2.13. The van der Waals surface area contributed by atoms with Gasteiger partial charge >= 0.3 is 29.3 Å². The zero-order valence-corrected chi connectivity index (χ0v) is 6.88. The maximum absolute atomic E-state index is 8.44. The highest BCUT2D eigenvalue weighted by atomic mass is 28.4. The van der Waals surface area contributed by atoms with Gasteiger partial charge in [-0.15, -0.1) is 0 Å². The molecule has 43 valence electrons. The fourth-order valence-electron chi connectivity index (χ4n) is 0.237. The Kier molecular flexibility index (Phi) is 2.89. The van der Waals surface area contributed by atoms with Crippen molar-refractivity contribution in [2.24, 2.45) is 0 Å². The summed E-state index contributed by atoms with van der Waals surface area (Å²) < 4.78 is 14.5. The van der Waals surface area contributed by atoms with Gasteiger partial charge in [0.25, 0.3) is 0 Å². The zero-order chi connectivity index (χ0) is 5.82. The van der Waals surface area contributed by atoms with E-state index in [0.717, 1.165) is 0 Å². The van der Waals surface area contributed by atoms with E-state index in [1.54, 1.807) is 0 Å². The Labute approximate surface area is 53.7 Å². The molecular weight excluding hydrogens is 160 g/mol. The van der Waals surface area contributed by atoms with Crippen LogP contribution in [0.15, 0.2) is 0 Å². The number of hydrogen-bond donors (Lipinski definition) is 1. The number of aliphatic hydroxyl groups excluding tert-OH is 1. The van der Waals surface area contributed by atoms with Crippen molar-refractivity contribution in [1.82, 2.24) is 0 Å². The van der Waals surface area contributed by atoms with Crippen molar-refractivity contribution in [3.63, 3.8) is 0 Å². The van der Waals surface area contributed by atoms with Crippen LogP contribution in [0.2, 0.25) is 0 Å². The standard InChI is InChI=1S/CH3O4Si3/c2-1-8-4-6-3-7-5-8/h2H,1H2. The zero-order valence-electron chi connectivity index (χ0n) is 3.88. The van der Waals surface area contributed by atoms with Gasteiger partial charge < -0.3 is 17.5 Å². The van der Waals surface area contributed by atoms with Gasteiger partial charge in [0, 0.05) is 0 Å². The van der Waals surface area contributed by atoms with E-state index in [4.69, 9.17) is 17.5 Å². The SMILES string of the molecule is OC[Si]1O[Si]O[Si]O1. The van der Waals surface area contributed by atoms with Gasteiger partial charge in [-0.3, -0.25) is 0 Å². The van der Waals surface area contributed by atoms with E-state index in [1.807, 2.05) is 0 Å². The van der Waals surface area contributed by atoms with E-state index in [9.17, 15) is 0 Å². The highest BCUT2D eigenvalue weighted by molar-refractivity contribution is 6.61. The van der Waals surface area contributed by atoms with Crippen LogP contribution in [0.25, 0.3) is 0 Å². The molecule has 0 spiro atoms. The molecule has 0 amide bonds. The van der Waals surface area contributed by atoms with Crippen LogP contribution in [0.4, 0.5) is 0 Å². The summed E-state index contributed by atoms with van der Waals surface area (Å²) in [5, 5.41) is 8.44. The lowest BCUT2D eigenvalue weighted by Gasteiger charge is -2.15. The van der Waals surface area contributed by atoms with Crippen LogP contribution >= 0.6 is 0 Å². The van der Waals surface area contributed by atoms with E-state index in [0.29, 0.717) is 0 Å². The molecule has 1 aliphatic heterocycles. The smallest absolute Gasteiger partial charge is 0.412 e. The first-order chi connectivity index (χ1) is 3.93. The Morgan fingerprint density at radius 2 is 2.00 bits per heavy atom. The maximum Gasteiger partial charge on any atom is 0.412 e. The molecule has 5 radical (unpaired) electrons. The van der Waals surface area contributed by atoms with E-state index in [2.05, 4.69) is 0 Å². The molecule has 0 atom stereocenters. The van der Waals surface area contributed by atoms with Crippen molar-refractivity contribution in [3.05, 3.63) is 0 Å². The van der Waals surface area contributed by atoms with Crippen molar-refractivity contribution in [3.8, 4) is 0 Å². The number of aliphatic hydroxyl groups is 1. The van der Waals surface area contributed by atoms with Crippen LogP contribution < -0.4 is 0 Å². The van der Waals surface area contributed by atoms with Crippen molar-refractivity contribution in [2.75, 3.05) is 6.23 Å². The highest BCUT2D eigenvalue weighted by Gasteiger charge is 2.20. The van der Waals surface area contributed by atoms with Crippen LogP contribution in [0, 0.1) is 0 Å². The molecule has 8 heavy (non-hydrogen) atoms. The van der Waals surface area contributed by atoms with E-state index >= 15 is 0 Å². The Bertz CT molecular complexity index is 62.3. The molecule has 4 nitrogen and oxygen atoms in total. The van der Waals surface area contributed by atoms with Gasteiger partial charge in [0.1, 0.15) is 0 Å². The van der Waals surface area contributed by atoms with E-state index < -0.39 is 9.28 Å². The number of rotatable bonds is 1. The minimum absolute atomic E-state index is 0.00796. The predicted molar refractivity (Wildman–Crippen MR) is 27.6 cm³/mol. The average molecular weight is 163 g/mol. The summed E-state index contributed by atoms with van der Waals surface area (Å²) in [6, 6.07) is 0. The Morgan fingerprint density at radius 1 is 1.38 bits per heavy atom. The minimum Gasteiger partial charge on any atom is -0.412 e. The van der Waals surface area contributed by atoms with Crippen molar-refractivity contribution < 1.29 is 17.5 Å². The third-order valence-corrected chi connectivity index (χ3v) is 3.94. The molecule has 1 aliphatic rings. The van der Waals surface area contributed by atoms with Gasteiger partial charge in [-0.1, -0.05) is 0 Å². The summed E-state index contributed by atoms with van der Waals surface area (Å²) in [7, 11) is -1.21. The lowest BCUT2D eigenvalue weighted by atomic mass is 11.7. The quantitative estimate of drug-likeness (QED) is 0.461. The summed E-state index contributed by atoms with van der Waals surface area (Å²) in [5.41, 5.74) is 0. The Hall–Kier alpha value is 0.491. The molecule has 0 bridgehead atoms. The molecule has 0 unspecified atom stereocenters. The van der Waals surface area contributed by atoms with Crippen LogP contribution in [0.1, 0.15) is 0 Å². The van der Waals surface area contributed by atoms with Crippen molar-refractivity contribution >= 4 is 29.3 Å². The molecule has 0 aliphatic carbocycles. The minimum atomic E-state index is -1.33. The van der Waals surface area contributed by atoms with Gasteiger partial charge in [-0.2, -0.15) is 0 Å². The van der Waals surface area contributed by atoms with E-state index in [-0.39, 0.29) is 26.2 Å². The molecule has 0 aromatic carbocycles. The molecule has 0 saturated carbocycles. The fourth-order valence-corrected chi connectivity index (χ4v) is 3.26. The largest absolute Gasteiger partial charge is 0.412 e. The highest BCUT2D eigenvalue weighted by Crippen LogP contribution is 1.91. The fraction of sp³-hybridized carbons (Fsp3) is 1.00. The van der Waals surface area contributed by atoms with E-state index in [1.165, 1.54) is 0 Å². The van der Waals surface area contributed by atoms with Gasteiger partial charge in [-0.05, 0) is 0 Å². The third kappa shape index (κ3) is 1.78. The van der Waals surface area contributed by atoms with Crippen LogP contribution in [0.3, 0.4) is 0 Å². The van der Waals surface area contributed by atoms with Crippen molar-refractivity contribution in [2.45, 2.75) is 0 Å². The number of hydrogen-bond acceptors (Lipinski definition) is 4. The first kappa shape index (κ1) is 6.61. The summed E-state index contributed by atoms with van der Waals surface area (Å²) in [6.45, 7) is 0. The Morgan fingerprint density at radius 3 is 2.38 bits per heavy atom. The van der Waals surface area contributed by atoms with Gasteiger partial charge in [-0.25, -0.2) is 0 Å². The second kappa shape index (κ2) is 3.50. The van der Waals surface area contributed by atoms with Gasteiger partial charge in [0.05, 0.1) is 6.23 Å². The summed E-state index contributed by atoms with van der Waals surface area (Å²) >= 11 is 0. The lowest BCUT2D eigenvalue weighted by molar-refractivity contribution is 0.265. The molecule has 1 N–H and O–H groups in total. The molecule has 7 heteroatoms. The van der Waals surface area contributed by atoms with Crippen LogP contribution in [0.5, 0.6) is 0 Å². The second-order valence-electron chi connectivity index (χ2n) is 1.00. The monoisotopic (exact) mass is 163 g/mol. The molecule has 1 heterocycles. The normalized spacial score (nSPS) is 23.6. The lowest BCUT2D eigenvalue weighted by Crippen LogP contribution is -2.38. The van der Waals surface area contributed by atoms with Gasteiger partial charge in [0.15, 0.2) is 0 Å². The predicted octanol–water partition coefficient (Wildman–Crippen LogP) is -1.86. The van der Waals surface area contributed by atoms with Crippen LogP contribution in [-0.4, -0.2) is 40.6 Å². The first-order valence-corrected chi connectivity index (χ1v) is 5.05. The first-order valence-electron chi connectivity index (χ1n) is 1.89. The summed E-state index contributed by atoms with van der Waals surface area (Å²) in [6.07, 6.45) is 0.00796. The molecule has 1 rings (SSSR count). The molecule has 0 aromatic heterocycles. The second-order valence-corrected chi connectivity index (χ2v) is 4.85. The molecule has 1 fully saturated rings. The maximum atomic E-state index is 8.44.